The van der Waals surface area contributed by atoms with Crippen LogP contribution in [0.15, 0.2) is 18.2 Å². The van der Waals surface area contributed by atoms with Gasteiger partial charge in [-0.3, -0.25) is 0 Å². The van der Waals surface area contributed by atoms with Crippen molar-refractivity contribution in [3.05, 3.63) is 23.8 Å². The van der Waals surface area contributed by atoms with Crippen molar-refractivity contribution < 1.29 is 18.3 Å². The van der Waals surface area contributed by atoms with Gasteiger partial charge >= 0.3 is 6.18 Å². The minimum Gasteiger partial charge on any atom is -0.399 e. The Kier molecular flexibility index (Phi) is 4.98. The standard InChI is InChI=1S/C12H17F3N2OS/c1-11(18,7-19-2)6-17-10-4-3-8(16)5-9(10)12(13,14)15/h3-5,17-18H,6-7,16H2,1-2H3. The van der Waals surface area contributed by atoms with Crippen LogP contribution in [-0.2, 0) is 6.18 Å². The summed E-state index contributed by atoms with van der Waals surface area (Å²) in [6.45, 7) is 1.60. The van der Waals surface area contributed by atoms with Crippen LogP contribution in [0.25, 0.3) is 0 Å². The van der Waals surface area contributed by atoms with E-state index in [9.17, 15) is 18.3 Å². The molecule has 1 unspecified atom stereocenters. The number of anilines is 2. The number of thioether (sulfide) groups is 1. The fourth-order valence-electron chi connectivity index (χ4n) is 1.60. The summed E-state index contributed by atoms with van der Waals surface area (Å²) in [5.74, 6) is 0.427. The molecule has 108 valence electrons. The molecular weight excluding hydrogens is 277 g/mol. The maximum Gasteiger partial charge on any atom is 0.418 e. The number of benzene rings is 1. The van der Waals surface area contributed by atoms with Gasteiger partial charge in [-0.25, -0.2) is 0 Å². The molecule has 0 aromatic heterocycles. The molecule has 1 aromatic rings. The van der Waals surface area contributed by atoms with Crippen LogP contribution < -0.4 is 11.1 Å². The van der Waals surface area contributed by atoms with Crippen LogP contribution in [-0.4, -0.2) is 29.3 Å². The summed E-state index contributed by atoms with van der Waals surface area (Å²) in [4.78, 5) is 0. The summed E-state index contributed by atoms with van der Waals surface area (Å²) in [6.07, 6.45) is -2.66. The van der Waals surface area contributed by atoms with Crippen molar-refractivity contribution in [1.82, 2.24) is 0 Å². The predicted molar refractivity (Wildman–Crippen MR) is 73.4 cm³/mol. The van der Waals surface area contributed by atoms with Crippen LogP contribution in [0.3, 0.4) is 0 Å². The quantitative estimate of drug-likeness (QED) is 0.731. The summed E-state index contributed by atoms with van der Waals surface area (Å²) < 4.78 is 38.5. The monoisotopic (exact) mass is 294 g/mol. The van der Waals surface area contributed by atoms with Crippen LogP contribution in [0, 0.1) is 0 Å². The average molecular weight is 294 g/mol. The van der Waals surface area contributed by atoms with Crippen LogP contribution in [0.5, 0.6) is 0 Å². The SMILES string of the molecule is CSCC(C)(O)CNc1ccc(N)cc1C(F)(F)F. The zero-order valence-electron chi connectivity index (χ0n) is 10.7. The van der Waals surface area contributed by atoms with E-state index in [2.05, 4.69) is 5.32 Å². The Balaban J connectivity index is 2.90. The molecule has 0 aliphatic heterocycles. The molecule has 0 saturated heterocycles. The predicted octanol–water partition coefficient (Wildman–Crippen LogP) is 2.81. The van der Waals surface area contributed by atoms with Gasteiger partial charge in [-0.2, -0.15) is 24.9 Å². The van der Waals surface area contributed by atoms with Crippen LogP contribution in [0.2, 0.25) is 0 Å². The Labute approximate surface area is 114 Å². The average Bonchev–Trinajstić information content (AvgIpc) is 2.26. The molecule has 1 atom stereocenters. The van der Waals surface area contributed by atoms with Gasteiger partial charge in [0.05, 0.1) is 11.2 Å². The first kappa shape index (κ1) is 16.0. The van der Waals surface area contributed by atoms with Crippen molar-refractivity contribution in [2.45, 2.75) is 18.7 Å². The van der Waals surface area contributed by atoms with E-state index in [1.54, 1.807) is 6.92 Å². The number of rotatable bonds is 5. The highest BCUT2D eigenvalue weighted by Crippen LogP contribution is 2.36. The highest BCUT2D eigenvalue weighted by atomic mass is 32.2. The molecule has 0 heterocycles. The largest absolute Gasteiger partial charge is 0.418 e. The minimum absolute atomic E-state index is 0.0286. The smallest absolute Gasteiger partial charge is 0.399 e. The Bertz CT molecular complexity index is 435. The summed E-state index contributed by atoms with van der Waals surface area (Å²) in [5, 5.41) is 12.6. The number of hydrogen-bond acceptors (Lipinski definition) is 4. The van der Waals surface area contributed by atoms with Gasteiger partial charge in [0.25, 0.3) is 0 Å². The number of nitrogen functional groups attached to an aromatic ring is 1. The van der Waals surface area contributed by atoms with Crippen molar-refractivity contribution in [2.24, 2.45) is 0 Å². The van der Waals surface area contributed by atoms with E-state index < -0.39 is 17.3 Å². The van der Waals surface area contributed by atoms with Crippen molar-refractivity contribution in [1.29, 1.82) is 0 Å². The Morgan fingerprint density at radius 1 is 1.37 bits per heavy atom. The molecule has 0 amide bonds. The Morgan fingerprint density at radius 3 is 2.53 bits per heavy atom. The van der Waals surface area contributed by atoms with Crippen LogP contribution in [0.4, 0.5) is 24.5 Å². The lowest BCUT2D eigenvalue weighted by Gasteiger charge is -2.24. The molecule has 1 aromatic carbocycles. The number of nitrogens with two attached hydrogens (primary N) is 1. The molecule has 0 fully saturated rings. The first-order valence-corrected chi connectivity index (χ1v) is 6.97. The van der Waals surface area contributed by atoms with E-state index >= 15 is 0 Å². The van der Waals surface area contributed by atoms with Crippen molar-refractivity contribution in [3.8, 4) is 0 Å². The summed E-state index contributed by atoms with van der Waals surface area (Å²) >= 11 is 1.42. The fourth-order valence-corrected chi connectivity index (χ4v) is 2.32. The number of hydrogen-bond donors (Lipinski definition) is 3. The van der Waals surface area contributed by atoms with E-state index in [0.717, 1.165) is 6.07 Å². The Hall–Kier alpha value is -1.08. The van der Waals surface area contributed by atoms with Gasteiger partial charge in [0.1, 0.15) is 0 Å². The van der Waals surface area contributed by atoms with Gasteiger partial charge in [-0.05, 0) is 31.4 Å². The molecule has 0 aliphatic rings. The van der Waals surface area contributed by atoms with Crippen molar-refractivity contribution in [3.63, 3.8) is 0 Å². The molecule has 0 bridgehead atoms. The normalized spacial score (nSPS) is 15.1. The lowest BCUT2D eigenvalue weighted by atomic mass is 10.1. The third kappa shape index (κ3) is 4.83. The molecule has 7 heteroatoms. The van der Waals surface area contributed by atoms with Gasteiger partial charge < -0.3 is 16.2 Å². The van der Waals surface area contributed by atoms with Gasteiger partial charge in [0, 0.05) is 23.7 Å². The zero-order valence-corrected chi connectivity index (χ0v) is 11.5. The summed E-state index contributed by atoms with van der Waals surface area (Å²) in [7, 11) is 0. The molecule has 3 nitrogen and oxygen atoms in total. The molecule has 0 saturated carbocycles. The number of alkyl halides is 3. The maximum atomic E-state index is 12.8. The van der Waals surface area contributed by atoms with Gasteiger partial charge in [-0.15, -0.1) is 0 Å². The first-order valence-electron chi connectivity index (χ1n) is 5.57. The molecule has 0 radical (unpaired) electrons. The highest BCUT2D eigenvalue weighted by molar-refractivity contribution is 7.98. The minimum atomic E-state index is -4.48. The Morgan fingerprint density at radius 2 is 2.00 bits per heavy atom. The van der Waals surface area contributed by atoms with E-state index in [-0.39, 0.29) is 17.9 Å². The lowest BCUT2D eigenvalue weighted by molar-refractivity contribution is -0.136. The third-order valence-electron chi connectivity index (χ3n) is 2.46. The van der Waals surface area contributed by atoms with E-state index in [0.29, 0.717) is 5.75 Å². The summed E-state index contributed by atoms with van der Waals surface area (Å²) in [6, 6.07) is 3.54. The molecule has 0 aliphatic carbocycles. The molecule has 1 rings (SSSR count). The number of nitrogens with one attached hydrogen (secondary N) is 1. The second-order valence-electron chi connectivity index (χ2n) is 4.59. The number of halogens is 3. The molecule has 19 heavy (non-hydrogen) atoms. The second kappa shape index (κ2) is 5.92. The number of aliphatic hydroxyl groups is 1. The van der Waals surface area contributed by atoms with Gasteiger partial charge in [0.2, 0.25) is 0 Å². The first-order chi connectivity index (χ1) is 8.65. The van der Waals surface area contributed by atoms with Crippen LogP contribution >= 0.6 is 11.8 Å². The summed E-state index contributed by atoms with van der Waals surface area (Å²) in [5.41, 5.74) is 3.44. The fraction of sp³-hybridized carbons (Fsp3) is 0.500. The van der Waals surface area contributed by atoms with Crippen LogP contribution in [0.1, 0.15) is 12.5 Å². The van der Waals surface area contributed by atoms with E-state index in [1.807, 2.05) is 6.26 Å². The zero-order chi connectivity index (χ0) is 14.7. The van der Waals surface area contributed by atoms with E-state index in [4.69, 9.17) is 5.73 Å². The second-order valence-corrected chi connectivity index (χ2v) is 5.45. The van der Waals surface area contributed by atoms with E-state index in [1.165, 1.54) is 23.9 Å². The maximum absolute atomic E-state index is 12.8. The molecular formula is C12H17F3N2OS. The highest BCUT2D eigenvalue weighted by Gasteiger charge is 2.34. The molecule has 0 spiro atoms. The topological polar surface area (TPSA) is 58.3 Å². The van der Waals surface area contributed by atoms with Gasteiger partial charge in [-0.1, -0.05) is 0 Å². The lowest BCUT2D eigenvalue weighted by Crippen LogP contribution is -2.36. The van der Waals surface area contributed by atoms with Crippen molar-refractivity contribution >= 4 is 23.1 Å². The van der Waals surface area contributed by atoms with Gasteiger partial charge in [0.15, 0.2) is 0 Å². The third-order valence-corrected chi connectivity index (χ3v) is 3.37. The molecule has 4 N–H and O–H groups in total. The van der Waals surface area contributed by atoms with Crippen molar-refractivity contribution in [2.75, 3.05) is 29.6 Å².